The van der Waals surface area contributed by atoms with E-state index in [2.05, 4.69) is 19.9 Å². The standard InChI is InChI=1S/C19H22N6O3/c26-16-10-22-19(28)25(16)13-17(27)23-8-3-4-14(11-23)18-21-7-9-24(18)12-15-5-1-2-6-20-15/h1-2,5-7,9,14H,3-4,8,10-13H2,(H,22,28)/t14-/m1/s1. The van der Waals surface area contributed by atoms with E-state index in [9.17, 15) is 14.4 Å². The minimum absolute atomic E-state index is 0.0420. The Labute approximate surface area is 162 Å². The molecule has 0 bridgehead atoms. The summed E-state index contributed by atoms with van der Waals surface area (Å²) in [6.07, 6.45) is 7.26. The van der Waals surface area contributed by atoms with Crippen LogP contribution in [-0.4, -0.2) is 68.4 Å². The van der Waals surface area contributed by atoms with Crippen molar-refractivity contribution in [2.24, 2.45) is 0 Å². The molecule has 2 aliphatic heterocycles. The average molecular weight is 382 g/mol. The van der Waals surface area contributed by atoms with Crippen LogP contribution in [0.25, 0.3) is 0 Å². The van der Waals surface area contributed by atoms with Gasteiger partial charge in [-0.05, 0) is 25.0 Å². The normalized spacial score (nSPS) is 19.8. The molecular formula is C19H22N6O3. The Morgan fingerprint density at radius 1 is 1.21 bits per heavy atom. The van der Waals surface area contributed by atoms with Crippen LogP contribution < -0.4 is 5.32 Å². The maximum absolute atomic E-state index is 12.7. The van der Waals surface area contributed by atoms with E-state index in [1.807, 2.05) is 24.4 Å². The highest BCUT2D eigenvalue weighted by Gasteiger charge is 2.33. The van der Waals surface area contributed by atoms with Crippen molar-refractivity contribution in [3.05, 3.63) is 48.3 Å². The van der Waals surface area contributed by atoms with Crippen molar-refractivity contribution in [3.63, 3.8) is 0 Å². The largest absolute Gasteiger partial charge is 0.340 e. The number of urea groups is 1. The number of amides is 4. The summed E-state index contributed by atoms with van der Waals surface area (Å²) in [5.41, 5.74) is 0.948. The fourth-order valence-corrected chi connectivity index (χ4v) is 3.75. The quantitative estimate of drug-likeness (QED) is 0.763. The van der Waals surface area contributed by atoms with E-state index in [1.165, 1.54) is 0 Å². The molecule has 2 fully saturated rings. The van der Waals surface area contributed by atoms with Crippen molar-refractivity contribution in [2.45, 2.75) is 25.3 Å². The van der Waals surface area contributed by atoms with Gasteiger partial charge in [-0.3, -0.25) is 19.5 Å². The highest BCUT2D eigenvalue weighted by Crippen LogP contribution is 2.26. The maximum atomic E-state index is 12.7. The monoisotopic (exact) mass is 382 g/mol. The van der Waals surface area contributed by atoms with Gasteiger partial charge in [0.1, 0.15) is 12.4 Å². The lowest BCUT2D eigenvalue weighted by atomic mass is 9.97. The Bertz CT molecular complexity index is 865. The predicted octanol–water partition coefficient (Wildman–Crippen LogP) is 0.584. The van der Waals surface area contributed by atoms with Crippen LogP contribution in [0.4, 0.5) is 4.79 Å². The first kappa shape index (κ1) is 18.1. The van der Waals surface area contributed by atoms with Gasteiger partial charge in [0.15, 0.2) is 0 Å². The van der Waals surface area contributed by atoms with Gasteiger partial charge in [-0.15, -0.1) is 0 Å². The lowest BCUT2D eigenvalue weighted by Crippen LogP contribution is -2.46. The summed E-state index contributed by atoms with van der Waals surface area (Å²) in [5, 5.41) is 2.44. The molecule has 2 saturated heterocycles. The zero-order chi connectivity index (χ0) is 19.5. The van der Waals surface area contributed by atoms with Gasteiger partial charge in [0, 0.05) is 37.6 Å². The minimum atomic E-state index is -0.502. The molecular weight excluding hydrogens is 360 g/mol. The molecule has 4 amide bonds. The molecule has 0 saturated carbocycles. The fourth-order valence-electron chi connectivity index (χ4n) is 3.75. The van der Waals surface area contributed by atoms with Crippen molar-refractivity contribution < 1.29 is 14.4 Å². The van der Waals surface area contributed by atoms with Crippen molar-refractivity contribution in [1.29, 1.82) is 0 Å². The van der Waals surface area contributed by atoms with Crippen LogP contribution in [0.15, 0.2) is 36.8 Å². The second-order valence-corrected chi connectivity index (χ2v) is 7.05. The van der Waals surface area contributed by atoms with Crippen molar-refractivity contribution in [1.82, 2.24) is 29.7 Å². The third kappa shape index (κ3) is 3.73. The smallest absolute Gasteiger partial charge is 0.325 e. The van der Waals surface area contributed by atoms with E-state index in [4.69, 9.17) is 0 Å². The van der Waals surface area contributed by atoms with Crippen LogP contribution >= 0.6 is 0 Å². The van der Waals surface area contributed by atoms with Crippen LogP contribution in [0.1, 0.15) is 30.3 Å². The van der Waals surface area contributed by atoms with E-state index in [0.29, 0.717) is 19.6 Å². The third-order valence-corrected chi connectivity index (χ3v) is 5.18. The summed E-state index contributed by atoms with van der Waals surface area (Å²) < 4.78 is 2.07. The van der Waals surface area contributed by atoms with Gasteiger partial charge in [-0.1, -0.05) is 6.07 Å². The third-order valence-electron chi connectivity index (χ3n) is 5.18. The van der Waals surface area contributed by atoms with Gasteiger partial charge >= 0.3 is 6.03 Å². The van der Waals surface area contributed by atoms with Crippen LogP contribution in [0.2, 0.25) is 0 Å². The molecule has 0 spiro atoms. The lowest BCUT2D eigenvalue weighted by Gasteiger charge is -2.33. The molecule has 146 valence electrons. The number of rotatable bonds is 5. The predicted molar refractivity (Wildman–Crippen MR) is 99.2 cm³/mol. The molecule has 4 rings (SSSR count). The number of nitrogens with one attached hydrogen (secondary N) is 1. The molecule has 2 aliphatic rings. The molecule has 4 heterocycles. The number of carbonyl (C=O) groups excluding carboxylic acids is 3. The topological polar surface area (TPSA) is 100 Å². The Morgan fingerprint density at radius 3 is 2.86 bits per heavy atom. The summed E-state index contributed by atoms with van der Waals surface area (Å²) in [7, 11) is 0. The van der Waals surface area contributed by atoms with E-state index in [-0.39, 0.29) is 30.8 Å². The van der Waals surface area contributed by atoms with Gasteiger partial charge in [0.25, 0.3) is 5.91 Å². The summed E-state index contributed by atoms with van der Waals surface area (Å²) >= 11 is 0. The number of hydrogen-bond donors (Lipinski definition) is 1. The average Bonchev–Trinajstić information content (AvgIpc) is 3.30. The van der Waals surface area contributed by atoms with Gasteiger partial charge < -0.3 is 14.8 Å². The molecule has 9 heteroatoms. The van der Waals surface area contributed by atoms with Gasteiger partial charge in [-0.2, -0.15) is 0 Å². The Balaban J connectivity index is 1.43. The number of carbonyl (C=O) groups is 3. The van der Waals surface area contributed by atoms with E-state index >= 15 is 0 Å². The molecule has 2 aromatic rings. The fraction of sp³-hybridized carbons (Fsp3) is 0.421. The zero-order valence-electron chi connectivity index (χ0n) is 15.5. The van der Waals surface area contributed by atoms with Crippen molar-refractivity contribution >= 4 is 17.8 Å². The highest BCUT2D eigenvalue weighted by molar-refractivity contribution is 6.04. The zero-order valence-corrected chi connectivity index (χ0v) is 15.5. The molecule has 1 atom stereocenters. The number of hydrogen-bond acceptors (Lipinski definition) is 5. The number of likely N-dealkylation sites (tertiary alicyclic amines) is 1. The minimum Gasteiger partial charge on any atom is -0.340 e. The first-order valence-corrected chi connectivity index (χ1v) is 9.38. The molecule has 0 aromatic carbocycles. The first-order chi connectivity index (χ1) is 13.6. The summed E-state index contributed by atoms with van der Waals surface area (Å²) in [6, 6.07) is 5.31. The van der Waals surface area contributed by atoms with Crippen LogP contribution in [0, 0.1) is 0 Å². The molecule has 9 nitrogen and oxygen atoms in total. The summed E-state index contributed by atoms with van der Waals surface area (Å²) in [4.78, 5) is 47.7. The van der Waals surface area contributed by atoms with E-state index in [1.54, 1.807) is 17.3 Å². The summed E-state index contributed by atoms with van der Waals surface area (Å²) in [5.74, 6) is 0.466. The molecule has 0 aliphatic carbocycles. The Morgan fingerprint density at radius 2 is 2.11 bits per heavy atom. The maximum Gasteiger partial charge on any atom is 0.325 e. The highest BCUT2D eigenvalue weighted by atomic mass is 16.2. The van der Waals surface area contributed by atoms with Crippen LogP contribution in [0.3, 0.4) is 0 Å². The lowest BCUT2D eigenvalue weighted by molar-refractivity contribution is -0.137. The van der Waals surface area contributed by atoms with E-state index in [0.717, 1.165) is 29.3 Å². The van der Waals surface area contributed by atoms with Crippen LogP contribution in [-0.2, 0) is 16.1 Å². The molecule has 1 N–H and O–H groups in total. The second kappa shape index (κ2) is 7.79. The number of imidazole rings is 1. The molecule has 0 radical (unpaired) electrons. The van der Waals surface area contributed by atoms with Crippen LogP contribution in [0.5, 0.6) is 0 Å². The summed E-state index contributed by atoms with van der Waals surface area (Å²) in [6.45, 7) is 1.53. The molecule has 28 heavy (non-hydrogen) atoms. The van der Waals surface area contributed by atoms with Crippen molar-refractivity contribution in [3.8, 4) is 0 Å². The Hall–Kier alpha value is -3.23. The van der Waals surface area contributed by atoms with Gasteiger partial charge in [-0.25, -0.2) is 9.78 Å². The van der Waals surface area contributed by atoms with E-state index < -0.39 is 6.03 Å². The number of piperidine rings is 1. The molecule has 0 unspecified atom stereocenters. The van der Waals surface area contributed by atoms with Gasteiger partial charge in [0.2, 0.25) is 5.91 Å². The van der Waals surface area contributed by atoms with Crippen molar-refractivity contribution in [2.75, 3.05) is 26.2 Å². The SMILES string of the molecule is O=C(CN1C(=O)CNC1=O)N1CCC[C@@H](c2nccn2Cc2ccccn2)C1. The number of pyridine rings is 1. The number of nitrogens with zero attached hydrogens (tertiary/aromatic N) is 5. The number of aromatic nitrogens is 3. The molecule has 2 aromatic heterocycles. The number of imide groups is 1. The Kier molecular flexibility index (Phi) is 5.05. The van der Waals surface area contributed by atoms with Gasteiger partial charge in [0.05, 0.1) is 18.8 Å². The first-order valence-electron chi connectivity index (χ1n) is 9.38. The second-order valence-electron chi connectivity index (χ2n) is 7.05.